The van der Waals surface area contributed by atoms with Crippen LogP contribution in [0.5, 0.6) is 0 Å². The van der Waals surface area contributed by atoms with E-state index in [4.69, 9.17) is 0 Å². The number of aliphatic hydroxyl groups excluding tert-OH is 1. The molecule has 1 unspecified atom stereocenters. The molecule has 3 fully saturated rings. The van der Waals surface area contributed by atoms with Crippen LogP contribution in [-0.2, 0) is 0 Å². The van der Waals surface area contributed by atoms with Crippen molar-refractivity contribution in [2.24, 2.45) is 11.8 Å². The van der Waals surface area contributed by atoms with Crippen molar-refractivity contribution in [3.63, 3.8) is 0 Å². The van der Waals surface area contributed by atoms with Crippen LogP contribution < -0.4 is 24.0 Å². The van der Waals surface area contributed by atoms with Crippen molar-refractivity contribution in [3.8, 4) is 0 Å². The van der Waals surface area contributed by atoms with Gasteiger partial charge < -0.3 is 33.6 Å². The summed E-state index contributed by atoms with van der Waals surface area (Å²) in [7, 11) is 2.31. The fraction of sp³-hybridized carbons (Fsp3) is 0.450. The van der Waals surface area contributed by atoms with Gasteiger partial charge >= 0.3 is 0 Å². The van der Waals surface area contributed by atoms with E-state index in [1.807, 2.05) is 30.5 Å². The molecule has 4 heteroatoms. The molecule has 0 saturated carbocycles. The number of para-hydroxylation sites is 1. The molecule has 0 aliphatic carbocycles. The number of pyridine rings is 1. The second kappa shape index (κ2) is 6.73. The molecule has 3 nitrogen and oxygen atoms in total. The van der Waals surface area contributed by atoms with Gasteiger partial charge in [0.05, 0.1) is 25.7 Å². The van der Waals surface area contributed by atoms with Crippen molar-refractivity contribution < 1.29 is 33.6 Å². The third kappa shape index (κ3) is 2.78. The average Bonchev–Trinajstić information content (AvgIpc) is 2.60. The minimum absolute atomic E-state index is 0. The Kier molecular flexibility index (Phi) is 5.00. The van der Waals surface area contributed by atoms with E-state index in [0.29, 0.717) is 11.8 Å². The third-order valence-corrected chi connectivity index (χ3v) is 6.26. The zero-order valence-corrected chi connectivity index (χ0v) is 16.3. The first-order chi connectivity index (χ1) is 11.1. The first kappa shape index (κ1) is 17.8. The number of quaternary nitrogens is 1. The SMILES string of the molecule is C=C[C@H]1C[N+]2(C)CC[C@H]1C[C@@H]2[C@@H](O)c1ccnc2ccccc12.[I-]. The molecule has 3 aliphatic rings. The van der Waals surface area contributed by atoms with Gasteiger partial charge in [0, 0.05) is 30.3 Å². The fourth-order valence-electron chi connectivity index (χ4n) is 4.88. The molecule has 3 saturated heterocycles. The van der Waals surface area contributed by atoms with Crippen LogP contribution in [0.2, 0.25) is 0 Å². The summed E-state index contributed by atoms with van der Waals surface area (Å²) in [5, 5.41) is 12.3. The smallest absolute Gasteiger partial charge is 0.131 e. The normalized spacial score (nSPS) is 33.0. The number of rotatable bonds is 3. The number of hydrogen-bond acceptors (Lipinski definition) is 2. The second-order valence-electron chi connectivity index (χ2n) is 7.50. The molecule has 24 heavy (non-hydrogen) atoms. The number of likely N-dealkylation sites (N-methyl/N-ethyl adjacent to an activating group) is 1. The number of benzene rings is 1. The van der Waals surface area contributed by atoms with Crippen LogP contribution in [-0.4, -0.2) is 40.8 Å². The monoisotopic (exact) mass is 436 g/mol. The lowest BCUT2D eigenvalue weighted by molar-refractivity contribution is -0.956. The van der Waals surface area contributed by atoms with Crippen molar-refractivity contribution in [3.05, 3.63) is 54.7 Å². The summed E-state index contributed by atoms with van der Waals surface area (Å²) in [5.41, 5.74) is 1.99. The third-order valence-electron chi connectivity index (χ3n) is 6.26. The molecule has 1 N–H and O–H groups in total. The van der Waals surface area contributed by atoms with Gasteiger partial charge in [-0.3, -0.25) is 4.98 Å². The van der Waals surface area contributed by atoms with Gasteiger partial charge in [-0.15, -0.1) is 6.58 Å². The molecular formula is C20H25IN2O. The average molecular weight is 436 g/mol. The molecule has 1 aromatic heterocycles. The number of halogens is 1. The van der Waals surface area contributed by atoms with Gasteiger partial charge in [0.1, 0.15) is 12.1 Å². The van der Waals surface area contributed by atoms with Gasteiger partial charge in [-0.2, -0.15) is 0 Å². The number of nitrogens with zero attached hydrogens (tertiary/aromatic N) is 2. The molecule has 5 rings (SSSR count). The Hall–Kier alpha value is -0.980. The number of aliphatic hydroxyl groups is 1. The first-order valence-electron chi connectivity index (χ1n) is 8.61. The van der Waals surface area contributed by atoms with Crippen molar-refractivity contribution in [1.82, 2.24) is 4.98 Å². The van der Waals surface area contributed by atoms with Crippen molar-refractivity contribution in [2.45, 2.75) is 25.0 Å². The van der Waals surface area contributed by atoms with E-state index in [0.717, 1.165) is 33.9 Å². The number of aromatic nitrogens is 1. The van der Waals surface area contributed by atoms with Crippen LogP contribution in [0.1, 0.15) is 24.5 Å². The largest absolute Gasteiger partial charge is 1.00 e. The number of piperidine rings is 3. The highest BCUT2D eigenvalue weighted by Crippen LogP contribution is 2.45. The van der Waals surface area contributed by atoms with Gasteiger partial charge in [-0.05, 0) is 23.6 Å². The van der Waals surface area contributed by atoms with Crippen LogP contribution in [0.4, 0.5) is 0 Å². The van der Waals surface area contributed by atoms with E-state index < -0.39 is 6.10 Å². The minimum Gasteiger partial charge on any atom is -1.00 e. The van der Waals surface area contributed by atoms with E-state index in [1.165, 1.54) is 13.0 Å². The zero-order valence-electron chi connectivity index (χ0n) is 14.1. The molecule has 0 radical (unpaired) electrons. The Morgan fingerprint density at radius 1 is 1.33 bits per heavy atom. The van der Waals surface area contributed by atoms with Gasteiger partial charge in [-0.25, -0.2) is 0 Å². The minimum atomic E-state index is -0.429. The lowest BCUT2D eigenvalue weighted by Crippen LogP contribution is -3.00. The zero-order chi connectivity index (χ0) is 16.0. The van der Waals surface area contributed by atoms with Crippen LogP contribution in [0, 0.1) is 11.8 Å². The van der Waals surface area contributed by atoms with E-state index in [2.05, 4.69) is 30.8 Å². The van der Waals surface area contributed by atoms with Crippen LogP contribution >= 0.6 is 0 Å². The van der Waals surface area contributed by atoms with E-state index in [9.17, 15) is 5.11 Å². The molecule has 4 heterocycles. The first-order valence-corrected chi connectivity index (χ1v) is 8.61. The maximum absolute atomic E-state index is 11.2. The van der Waals surface area contributed by atoms with E-state index in [-0.39, 0.29) is 30.0 Å². The molecular weight excluding hydrogens is 411 g/mol. The standard InChI is InChI=1S/C20H25N2O.HI/c1-3-14-13-22(2)11-9-15(14)12-19(22)20(23)17-8-10-21-18-7-5-4-6-16(17)18;/h3-8,10,14-15,19-20,23H,1,9,11-13H2,2H3;1H/q+1;/p-1/t14-,15-,19+,20-,22?;/m0./s1. The Morgan fingerprint density at radius 3 is 2.88 bits per heavy atom. The summed E-state index contributed by atoms with van der Waals surface area (Å²) in [5.74, 6) is 1.28. The molecule has 0 spiro atoms. The Balaban J connectivity index is 0.00000169. The van der Waals surface area contributed by atoms with Gasteiger partial charge in [0.2, 0.25) is 0 Å². The van der Waals surface area contributed by atoms with Crippen LogP contribution in [0.25, 0.3) is 10.9 Å². The molecule has 0 amide bonds. The van der Waals surface area contributed by atoms with Crippen molar-refractivity contribution in [1.29, 1.82) is 0 Å². The number of hydrogen-bond donors (Lipinski definition) is 1. The highest BCUT2D eigenvalue weighted by atomic mass is 127. The number of fused-ring (bicyclic) bond motifs is 4. The fourth-order valence-corrected chi connectivity index (χ4v) is 4.88. The van der Waals surface area contributed by atoms with Crippen molar-refractivity contribution >= 4 is 10.9 Å². The summed E-state index contributed by atoms with van der Waals surface area (Å²) in [6.45, 7) is 6.30. The molecule has 3 aliphatic heterocycles. The summed E-state index contributed by atoms with van der Waals surface area (Å²) in [6.07, 6.45) is 5.87. The molecule has 1 aromatic carbocycles. The predicted molar refractivity (Wildman–Crippen MR) is 92.8 cm³/mol. The van der Waals surface area contributed by atoms with Crippen molar-refractivity contribution in [2.75, 3.05) is 20.1 Å². The quantitative estimate of drug-likeness (QED) is 0.427. The van der Waals surface area contributed by atoms with Crippen LogP contribution in [0.3, 0.4) is 0 Å². The van der Waals surface area contributed by atoms with E-state index >= 15 is 0 Å². The van der Waals surface area contributed by atoms with E-state index in [1.54, 1.807) is 0 Å². The summed E-state index contributed by atoms with van der Waals surface area (Å²) < 4.78 is 0.963. The second-order valence-corrected chi connectivity index (χ2v) is 7.50. The molecule has 5 atom stereocenters. The lowest BCUT2D eigenvalue weighted by Gasteiger charge is -2.56. The van der Waals surface area contributed by atoms with Gasteiger partial charge in [0.25, 0.3) is 0 Å². The topological polar surface area (TPSA) is 33.1 Å². The van der Waals surface area contributed by atoms with Gasteiger partial charge in [-0.1, -0.05) is 24.3 Å². The summed E-state index contributed by atoms with van der Waals surface area (Å²) >= 11 is 0. The lowest BCUT2D eigenvalue weighted by atomic mass is 9.72. The highest BCUT2D eigenvalue weighted by Gasteiger charge is 2.51. The Morgan fingerprint density at radius 2 is 2.12 bits per heavy atom. The summed E-state index contributed by atoms with van der Waals surface area (Å²) in [4.78, 5) is 4.43. The molecule has 2 aromatic rings. The maximum Gasteiger partial charge on any atom is 0.131 e. The Bertz CT molecular complexity index is 744. The molecule has 2 bridgehead atoms. The predicted octanol–water partition coefficient (Wildman–Crippen LogP) is 0.313. The summed E-state index contributed by atoms with van der Waals surface area (Å²) in [6, 6.07) is 10.4. The highest BCUT2D eigenvalue weighted by molar-refractivity contribution is 5.82. The Labute approximate surface area is 161 Å². The van der Waals surface area contributed by atoms with Crippen LogP contribution in [0.15, 0.2) is 49.2 Å². The van der Waals surface area contributed by atoms with Gasteiger partial charge in [0.15, 0.2) is 0 Å². The maximum atomic E-state index is 11.2. The molecule has 128 valence electrons.